The van der Waals surface area contributed by atoms with Crippen molar-refractivity contribution < 1.29 is 17.4 Å². The summed E-state index contributed by atoms with van der Waals surface area (Å²) >= 11 is 0. The third-order valence-corrected chi connectivity index (χ3v) is 4.71. The molecule has 0 aliphatic rings. The molecular weight excluding hydrogens is 370 g/mol. The molecule has 142 valence electrons. The van der Waals surface area contributed by atoms with E-state index in [1.807, 2.05) is 25.1 Å². The number of H-pyrrole nitrogens is 1. The van der Waals surface area contributed by atoms with Crippen molar-refractivity contribution in [2.45, 2.75) is 20.0 Å². The Kier molecular flexibility index (Phi) is 4.99. The van der Waals surface area contributed by atoms with E-state index >= 15 is 0 Å². The molecule has 1 unspecified atom stereocenters. The van der Waals surface area contributed by atoms with Gasteiger partial charge in [-0.2, -0.15) is 8.42 Å². The molecule has 0 aliphatic heterocycles. The van der Waals surface area contributed by atoms with Crippen molar-refractivity contribution in [2.24, 2.45) is 0 Å². The first-order chi connectivity index (χ1) is 12.7. The molecule has 9 heteroatoms. The minimum Gasteiger partial charge on any atom is -0.349 e. The normalized spacial score (nSPS) is 13.0. The molecule has 2 N–H and O–H groups in total. The maximum absolute atomic E-state index is 12.6. The van der Waals surface area contributed by atoms with Gasteiger partial charge in [-0.25, -0.2) is 4.98 Å². The zero-order valence-electron chi connectivity index (χ0n) is 15.1. The van der Waals surface area contributed by atoms with Crippen molar-refractivity contribution in [1.82, 2.24) is 15.3 Å². The van der Waals surface area contributed by atoms with E-state index in [9.17, 15) is 18.0 Å². The Labute approximate surface area is 155 Å². The van der Waals surface area contributed by atoms with Crippen LogP contribution in [0.3, 0.4) is 0 Å². The van der Waals surface area contributed by atoms with Gasteiger partial charge in [0.05, 0.1) is 34.3 Å². The average molecular weight is 389 g/mol. The van der Waals surface area contributed by atoms with Gasteiger partial charge in [-0.3, -0.25) is 13.8 Å². The summed E-state index contributed by atoms with van der Waals surface area (Å²) in [6.07, 6.45) is 1.52. The Balaban J connectivity index is 1.99. The Morgan fingerprint density at radius 2 is 2.07 bits per heavy atom. The number of aromatic nitrogens is 2. The number of hydrogen-bond acceptors (Lipinski definition) is 6. The topological polar surface area (TPSA) is 118 Å². The predicted molar refractivity (Wildman–Crippen MR) is 102 cm³/mol. The highest BCUT2D eigenvalue weighted by Gasteiger charge is 2.17. The van der Waals surface area contributed by atoms with Gasteiger partial charge in [0.15, 0.2) is 0 Å². The van der Waals surface area contributed by atoms with Crippen LogP contribution in [0.25, 0.3) is 21.8 Å². The van der Waals surface area contributed by atoms with Gasteiger partial charge >= 0.3 is 0 Å². The van der Waals surface area contributed by atoms with E-state index in [0.717, 1.165) is 17.2 Å². The van der Waals surface area contributed by atoms with E-state index in [-0.39, 0.29) is 23.2 Å². The summed E-state index contributed by atoms with van der Waals surface area (Å²) < 4.78 is 27.1. The van der Waals surface area contributed by atoms with Gasteiger partial charge in [0.1, 0.15) is 0 Å². The highest BCUT2D eigenvalue weighted by molar-refractivity contribution is 7.86. The van der Waals surface area contributed by atoms with Gasteiger partial charge in [-0.05, 0) is 25.5 Å². The van der Waals surface area contributed by atoms with E-state index in [1.54, 1.807) is 6.07 Å². The van der Waals surface area contributed by atoms with Crippen LogP contribution in [0.2, 0.25) is 0 Å². The van der Waals surface area contributed by atoms with Crippen LogP contribution < -0.4 is 10.9 Å². The van der Waals surface area contributed by atoms with Gasteiger partial charge in [-0.15, -0.1) is 0 Å². The monoisotopic (exact) mass is 389 g/mol. The number of rotatable bonds is 5. The predicted octanol–water partition coefficient (Wildman–Crippen LogP) is 1.48. The molecule has 1 atom stereocenters. The average Bonchev–Trinajstić information content (AvgIpc) is 2.58. The highest BCUT2D eigenvalue weighted by atomic mass is 32.2. The standard InChI is InChI=1S/C18H19N3O5S/c1-10-5-4-6-12-7-13-16(21-15(10)12)14(9-20-17(13)22)18(23)19-8-11(2)26-27(3,24)25/h4-7,9,11H,8H2,1-3H3,(H,19,23)(H,20,22). The molecule has 3 rings (SSSR count). The Bertz CT molecular complexity index is 1200. The number of fused-ring (bicyclic) bond motifs is 2. The van der Waals surface area contributed by atoms with Gasteiger partial charge < -0.3 is 10.3 Å². The van der Waals surface area contributed by atoms with Gasteiger partial charge in [0.2, 0.25) is 0 Å². The molecule has 27 heavy (non-hydrogen) atoms. The largest absolute Gasteiger partial charge is 0.349 e. The van der Waals surface area contributed by atoms with Crippen LogP contribution in [0, 0.1) is 6.92 Å². The number of amides is 1. The van der Waals surface area contributed by atoms with Gasteiger partial charge in [0.25, 0.3) is 21.6 Å². The smallest absolute Gasteiger partial charge is 0.264 e. The van der Waals surface area contributed by atoms with Crippen molar-refractivity contribution in [1.29, 1.82) is 0 Å². The lowest BCUT2D eigenvalue weighted by Crippen LogP contribution is -2.33. The van der Waals surface area contributed by atoms with Crippen LogP contribution >= 0.6 is 0 Å². The van der Waals surface area contributed by atoms with Crippen molar-refractivity contribution in [3.63, 3.8) is 0 Å². The summed E-state index contributed by atoms with van der Waals surface area (Å²) in [5, 5.41) is 3.72. The third kappa shape index (κ3) is 4.15. The lowest BCUT2D eigenvalue weighted by molar-refractivity contribution is 0.0934. The summed E-state index contributed by atoms with van der Waals surface area (Å²) in [5.74, 6) is -0.486. The lowest BCUT2D eigenvalue weighted by atomic mass is 10.1. The molecule has 1 amide bonds. The first-order valence-corrected chi connectivity index (χ1v) is 10.1. The lowest BCUT2D eigenvalue weighted by Gasteiger charge is -2.13. The number of carbonyl (C=O) groups excluding carboxylic acids is 1. The number of carbonyl (C=O) groups is 1. The van der Waals surface area contributed by atoms with E-state index in [1.165, 1.54) is 13.1 Å². The number of aryl methyl sites for hydroxylation is 1. The summed E-state index contributed by atoms with van der Waals surface area (Å²) in [7, 11) is -3.62. The van der Waals surface area contributed by atoms with Crippen molar-refractivity contribution >= 4 is 37.8 Å². The molecule has 2 heterocycles. The number of para-hydroxylation sites is 1. The van der Waals surface area contributed by atoms with E-state index in [4.69, 9.17) is 4.18 Å². The molecule has 1 aromatic carbocycles. The van der Waals surface area contributed by atoms with Crippen LogP contribution in [0.1, 0.15) is 22.8 Å². The molecule has 0 saturated heterocycles. The van der Waals surface area contributed by atoms with Crippen LogP contribution in [0.15, 0.2) is 35.3 Å². The van der Waals surface area contributed by atoms with Gasteiger partial charge in [0, 0.05) is 18.1 Å². The SMILES string of the molecule is Cc1cccc2cc3c(=O)[nH]cc(C(=O)NCC(C)OS(C)(=O)=O)c3nc12. The molecule has 0 radical (unpaired) electrons. The Morgan fingerprint density at radius 3 is 2.78 bits per heavy atom. The Hall–Kier alpha value is -2.78. The Morgan fingerprint density at radius 1 is 1.33 bits per heavy atom. The number of aromatic amines is 1. The second kappa shape index (κ2) is 7.09. The maximum Gasteiger partial charge on any atom is 0.264 e. The second-order valence-electron chi connectivity index (χ2n) is 6.38. The number of nitrogens with one attached hydrogen (secondary N) is 2. The van der Waals surface area contributed by atoms with E-state index in [2.05, 4.69) is 15.3 Å². The minimum atomic E-state index is -3.62. The first kappa shape index (κ1) is 19.0. The van der Waals surface area contributed by atoms with Crippen LogP contribution in [-0.4, -0.2) is 43.2 Å². The zero-order valence-corrected chi connectivity index (χ0v) is 15.9. The fraction of sp³-hybridized carbons (Fsp3) is 0.278. The second-order valence-corrected chi connectivity index (χ2v) is 7.98. The fourth-order valence-corrected chi connectivity index (χ4v) is 3.51. The van der Waals surface area contributed by atoms with E-state index < -0.39 is 22.1 Å². The molecule has 0 aliphatic carbocycles. The summed E-state index contributed by atoms with van der Waals surface area (Å²) in [6.45, 7) is 3.42. The number of nitrogens with zero attached hydrogens (tertiary/aromatic N) is 1. The summed E-state index contributed by atoms with van der Waals surface area (Å²) in [4.78, 5) is 31.9. The first-order valence-electron chi connectivity index (χ1n) is 8.24. The highest BCUT2D eigenvalue weighted by Crippen LogP contribution is 2.22. The minimum absolute atomic E-state index is 0.0147. The fourth-order valence-electron chi connectivity index (χ4n) is 2.85. The van der Waals surface area contributed by atoms with Crippen molar-refractivity contribution in [3.8, 4) is 0 Å². The quantitative estimate of drug-likeness (QED) is 0.504. The molecule has 0 fully saturated rings. The van der Waals surface area contributed by atoms with Crippen LogP contribution in [-0.2, 0) is 14.3 Å². The number of pyridine rings is 2. The molecule has 0 spiro atoms. The molecule has 3 aromatic rings. The molecular formula is C18H19N3O5S. The van der Waals surface area contributed by atoms with E-state index in [0.29, 0.717) is 10.9 Å². The zero-order chi connectivity index (χ0) is 19.8. The summed E-state index contributed by atoms with van der Waals surface area (Å²) in [6, 6.07) is 7.33. The molecule has 0 saturated carbocycles. The molecule has 2 aromatic heterocycles. The molecule has 8 nitrogen and oxygen atoms in total. The van der Waals surface area contributed by atoms with Crippen LogP contribution in [0.4, 0.5) is 0 Å². The van der Waals surface area contributed by atoms with Crippen LogP contribution in [0.5, 0.6) is 0 Å². The van der Waals surface area contributed by atoms with Crippen molar-refractivity contribution in [2.75, 3.05) is 12.8 Å². The number of benzene rings is 1. The molecule has 0 bridgehead atoms. The summed E-state index contributed by atoms with van der Waals surface area (Å²) in [5.41, 5.74) is 1.77. The maximum atomic E-state index is 12.6. The third-order valence-electron chi connectivity index (χ3n) is 4.03. The van der Waals surface area contributed by atoms with Gasteiger partial charge in [-0.1, -0.05) is 18.2 Å². The number of hydrogen-bond donors (Lipinski definition) is 2. The van der Waals surface area contributed by atoms with Crippen molar-refractivity contribution in [3.05, 3.63) is 51.9 Å².